The summed E-state index contributed by atoms with van der Waals surface area (Å²) in [7, 11) is 0. The van der Waals surface area contributed by atoms with Crippen LogP contribution in [0.2, 0.25) is 0 Å². The molecule has 0 bridgehead atoms. The zero-order valence-electron chi connectivity index (χ0n) is 11.9. The molecule has 2 aromatic carbocycles. The molecule has 1 aliphatic heterocycles. The molecule has 1 nitrogen and oxygen atoms in total. The number of alkyl halides is 1. The van der Waals surface area contributed by atoms with Crippen molar-refractivity contribution in [2.75, 3.05) is 0 Å². The van der Waals surface area contributed by atoms with E-state index in [0.29, 0.717) is 12.8 Å². The van der Waals surface area contributed by atoms with Crippen LogP contribution in [0, 0.1) is 23.3 Å². The summed E-state index contributed by atoms with van der Waals surface area (Å²) >= 11 is 3.47. The number of hydrogen-bond donors (Lipinski definition) is 0. The van der Waals surface area contributed by atoms with Crippen molar-refractivity contribution in [3.05, 3.63) is 70.8 Å². The van der Waals surface area contributed by atoms with Crippen molar-refractivity contribution in [1.29, 1.82) is 0 Å². The van der Waals surface area contributed by atoms with E-state index in [9.17, 15) is 17.6 Å². The van der Waals surface area contributed by atoms with E-state index in [1.165, 1.54) is 12.1 Å². The first-order chi connectivity index (χ1) is 10.9. The Bertz CT molecular complexity index is 662. The maximum atomic E-state index is 14.0. The van der Waals surface area contributed by atoms with Crippen LogP contribution < -0.4 is 0 Å². The van der Waals surface area contributed by atoms with Crippen molar-refractivity contribution in [2.45, 2.75) is 29.9 Å². The lowest BCUT2D eigenvalue weighted by Gasteiger charge is -2.34. The minimum Gasteiger partial charge on any atom is -0.365 e. The van der Waals surface area contributed by atoms with Crippen LogP contribution in [-0.2, 0) is 4.74 Å². The van der Waals surface area contributed by atoms with Gasteiger partial charge in [-0.15, -0.1) is 0 Å². The molecule has 0 N–H and O–H groups in total. The summed E-state index contributed by atoms with van der Waals surface area (Å²) in [5, 5.41) is 0. The Morgan fingerprint density at radius 1 is 0.783 bits per heavy atom. The van der Waals surface area contributed by atoms with Crippen molar-refractivity contribution >= 4 is 15.9 Å². The largest absolute Gasteiger partial charge is 0.365 e. The predicted octanol–water partition coefficient (Wildman–Crippen LogP) is 5.60. The fourth-order valence-corrected chi connectivity index (χ4v) is 3.48. The zero-order chi connectivity index (χ0) is 16.6. The second kappa shape index (κ2) is 6.61. The normalized spacial score (nSPS) is 24.7. The maximum absolute atomic E-state index is 14.0. The third-order valence-electron chi connectivity index (χ3n) is 3.89. The van der Waals surface area contributed by atoms with E-state index in [4.69, 9.17) is 4.74 Å². The minimum absolute atomic E-state index is 0.0276. The van der Waals surface area contributed by atoms with E-state index in [-0.39, 0.29) is 16.0 Å². The van der Waals surface area contributed by atoms with E-state index in [2.05, 4.69) is 15.9 Å². The van der Waals surface area contributed by atoms with Crippen LogP contribution in [0.3, 0.4) is 0 Å². The van der Waals surface area contributed by atoms with Crippen LogP contribution in [-0.4, -0.2) is 4.83 Å². The summed E-state index contributed by atoms with van der Waals surface area (Å²) in [5.41, 5.74) is 0.450. The van der Waals surface area contributed by atoms with Crippen LogP contribution >= 0.6 is 15.9 Å². The van der Waals surface area contributed by atoms with E-state index in [1.807, 2.05) is 0 Å². The van der Waals surface area contributed by atoms with Gasteiger partial charge < -0.3 is 4.74 Å². The topological polar surface area (TPSA) is 9.23 Å². The highest BCUT2D eigenvalue weighted by Gasteiger charge is 2.32. The van der Waals surface area contributed by atoms with Gasteiger partial charge in [-0.2, -0.15) is 0 Å². The van der Waals surface area contributed by atoms with Crippen molar-refractivity contribution < 1.29 is 22.3 Å². The van der Waals surface area contributed by atoms with Crippen LogP contribution in [0.4, 0.5) is 17.6 Å². The van der Waals surface area contributed by atoms with Crippen LogP contribution in [0.1, 0.15) is 36.2 Å². The monoisotopic (exact) mass is 388 g/mol. The van der Waals surface area contributed by atoms with Gasteiger partial charge in [0.2, 0.25) is 0 Å². The van der Waals surface area contributed by atoms with Crippen molar-refractivity contribution in [2.24, 2.45) is 0 Å². The molecule has 3 rings (SSSR count). The maximum Gasteiger partial charge on any atom is 0.131 e. The average Bonchev–Trinajstić information content (AvgIpc) is 2.46. The lowest BCUT2D eigenvalue weighted by molar-refractivity contribution is -0.0530. The van der Waals surface area contributed by atoms with E-state index in [1.54, 1.807) is 0 Å². The van der Waals surface area contributed by atoms with Crippen molar-refractivity contribution in [3.8, 4) is 0 Å². The van der Waals surface area contributed by atoms with Crippen LogP contribution in [0.5, 0.6) is 0 Å². The molecule has 1 heterocycles. The third-order valence-corrected chi connectivity index (χ3v) is 4.63. The molecular weight excluding hydrogens is 376 g/mol. The van der Waals surface area contributed by atoms with Gasteiger partial charge >= 0.3 is 0 Å². The smallest absolute Gasteiger partial charge is 0.131 e. The number of hydrogen-bond acceptors (Lipinski definition) is 1. The first-order valence-corrected chi connectivity index (χ1v) is 8.05. The highest BCUT2D eigenvalue weighted by Crippen LogP contribution is 2.42. The van der Waals surface area contributed by atoms with E-state index < -0.39 is 35.5 Å². The summed E-state index contributed by atoms with van der Waals surface area (Å²) in [6.07, 6.45) is -0.324. The molecule has 6 heteroatoms. The molecule has 23 heavy (non-hydrogen) atoms. The van der Waals surface area contributed by atoms with Gasteiger partial charge in [0.25, 0.3) is 0 Å². The Hall–Kier alpha value is -1.40. The summed E-state index contributed by atoms with van der Waals surface area (Å²) in [6.45, 7) is 0. The van der Waals surface area contributed by atoms with Crippen molar-refractivity contribution in [3.63, 3.8) is 0 Å². The van der Waals surface area contributed by atoms with Gasteiger partial charge in [0.15, 0.2) is 0 Å². The first kappa shape index (κ1) is 16.5. The fourth-order valence-electron chi connectivity index (χ4n) is 2.80. The Kier molecular flexibility index (Phi) is 4.73. The van der Waals surface area contributed by atoms with Gasteiger partial charge in [-0.05, 0) is 25.0 Å². The van der Waals surface area contributed by atoms with Gasteiger partial charge in [0.1, 0.15) is 23.3 Å². The second-order valence-electron chi connectivity index (χ2n) is 5.51. The van der Waals surface area contributed by atoms with E-state index >= 15 is 0 Å². The average molecular weight is 389 g/mol. The number of benzene rings is 2. The molecule has 1 fully saturated rings. The molecule has 0 saturated carbocycles. The summed E-state index contributed by atoms with van der Waals surface area (Å²) in [4.78, 5) is -0.0276. The molecule has 0 aliphatic carbocycles. The standard InChI is InChI=1S/C17H13BrF4O/c18-9-5-16(12-3-1-10(19)7-14(12)21)23-17(6-9)13-4-2-11(20)8-15(13)22/h1-4,7-9,16-17H,5-6H2/t9?,16-,17+. The Morgan fingerprint density at radius 3 is 1.61 bits per heavy atom. The highest BCUT2D eigenvalue weighted by molar-refractivity contribution is 9.09. The fraction of sp³-hybridized carbons (Fsp3) is 0.294. The van der Waals surface area contributed by atoms with Gasteiger partial charge in [-0.3, -0.25) is 0 Å². The molecule has 0 aromatic heterocycles. The van der Waals surface area contributed by atoms with Gasteiger partial charge in [-0.1, -0.05) is 28.1 Å². The lowest BCUT2D eigenvalue weighted by Crippen LogP contribution is -2.24. The Labute approximate surface area is 139 Å². The molecule has 0 amide bonds. The summed E-state index contributed by atoms with van der Waals surface area (Å²) < 4.78 is 59.8. The Balaban J connectivity index is 1.90. The molecular formula is C17H13BrF4O. The zero-order valence-corrected chi connectivity index (χ0v) is 13.5. The summed E-state index contributed by atoms with van der Waals surface area (Å²) in [5.74, 6) is -2.73. The van der Waals surface area contributed by atoms with Gasteiger partial charge in [0.05, 0.1) is 12.2 Å². The molecule has 0 radical (unpaired) electrons. The van der Waals surface area contributed by atoms with Crippen LogP contribution in [0.15, 0.2) is 36.4 Å². The first-order valence-electron chi connectivity index (χ1n) is 7.13. The van der Waals surface area contributed by atoms with Gasteiger partial charge in [0, 0.05) is 28.1 Å². The summed E-state index contributed by atoms with van der Waals surface area (Å²) in [6, 6.07) is 6.57. The SMILES string of the molecule is Fc1ccc([C@@H]2CC(Br)C[C@H](c3ccc(F)cc3F)O2)c(F)c1. The van der Waals surface area contributed by atoms with E-state index in [0.717, 1.165) is 24.3 Å². The number of ether oxygens (including phenoxy) is 1. The minimum atomic E-state index is -0.699. The molecule has 1 unspecified atom stereocenters. The quantitative estimate of drug-likeness (QED) is 0.480. The number of halogens is 5. The third kappa shape index (κ3) is 3.58. The Morgan fingerprint density at radius 2 is 1.22 bits per heavy atom. The second-order valence-corrected chi connectivity index (χ2v) is 6.81. The molecule has 1 saturated heterocycles. The highest BCUT2D eigenvalue weighted by atomic mass is 79.9. The molecule has 3 atom stereocenters. The molecule has 1 aliphatic rings. The molecule has 0 spiro atoms. The van der Waals surface area contributed by atoms with Gasteiger partial charge in [-0.25, -0.2) is 17.6 Å². The molecule has 122 valence electrons. The van der Waals surface area contributed by atoms with Crippen molar-refractivity contribution in [1.82, 2.24) is 0 Å². The van der Waals surface area contributed by atoms with Crippen LogP contribution in [0.25, 0.3) is 0 Å². The number of rotatable bonds is 2. The predicted molar refractivity (Wildman–Crippen MR) is 81.2 cm³/mol. The lowest BCUT2D eigenvalue weighted by atomic mass is 9.94. The molecule has 2 aromatic rings.